The molecule has 3 heterocycles. The first kappa shape index (κ1) is 28.8. The summed E-state index contributed by atoms with van der Waals surface area (Å²) in [4.78, 5) is 24.5. The average Bonchev–Trinajstić information content (AvgIpc) is 3.58. The van der Waals surface area contributed by atoms with Gasteiger partial charge in [0, 0.05) is 32.3 Å². The average molecular weight is 646 g/mol. The monoisotopic (exact) mass is 645 g/mol. The summed E-state index contributed by atoms with van der Waals surface area (Å²) >= 11 is 1.74. The second kappa shape index (κ2) is 12.3. The number of aromatic nitrogens is 5. The highest BCUT2D eigenvalue weighted by Crippen LogP contribution is 2.39. The van der Waals surface area contributed by atoms with Gasteiger partial charge in [-0.2, -0.15) is 0 Å². The lowest BCUT2D eigenvalue weighted by Crippen LogP contribution is -2.00. The van der Waals surface area contributed by atoms with Crippen LogP contribution in [0.4, 0.5) is 0 Å². The third kappa shape index (κ3) is 5.54. The van der Waals surface area contributed by atoms with Crippen LogP contribution in [-0.4, -0.2) is 24.9 Å². The van der Waals surface area contributed by atoms with E-state index < -0.39 is 0 Å². The summed E-state index contributed by atoms with van der Waals surface area (Å²) in [6, 6.07) is 54.2. The zero-order chi connectivity index (χ0) is 32.6. The Hall–Kier alpha value is -6.37. The topological polar surface area (TPSA) is 64.5 Å². The Bertz CT molecular complexity index is 2540. The van der Waals surface area contributed by atoms with Gasteiger partial charge in [0.2, 0.25) is 0 Å². The van der Waals surface area contributed by atoms with E-state index in [1.807, 2.05) is 66.7 Å². The lowest BCUT2D eigenvalue weighted by molar-refractivity contribution is 1.07. The highest BCUT2D eigenvalue weighted by molar-refractivity contribution is 7.26. The highest BCUT2D eigenvalue weighted by Gasteiger charge is 2.16. The van der Waals surface area contributed by atoms with Crippen molar-refractivity contribution in [2.24, 2.45) is 0 Å². The molecule has 5 nitrogen and oxygen atoms in total. The number of thiophene rings is 1. The second-order valence-electron chi connectivity index (χ2n) is 11.8. The molecule has 0 amide bonds. The van der Waals surface area contributed by atoms with Crippen molar-refractivity contribution in [3.8, 4) is 67.7 Å². The van der Waals surface area contributed by atoms with Gasteiger partial charge in [0.15, 0.2) is 17.5 Å². The molecule has 0 fully saturated rings. The van der Waals surface area contributed by atoms with Crippen LogP contribution in [0.1, 0.15) is 0 Å². The van der Waals surface area contributed by atoms with Crippen LogP contribution in [0.25, 0.3) is 88.0 Å². The summed E-state index contributed by atoms with van der Waals surface area (Å²) < 4.78 is 2.30. The minimum absolute atomic E-state index is 0.616. The van der Waals surface area contributed by atoms with Crippen molar-refractivity contribution in [2.45, 2.75) is 0 Å². The van der Waals surface area contributed by atoms with E-state index in [-0.39, 0.29) is 0 Å². The van der Waals surface area contributed by atoms with Gasteiger partial charge in [0.25, 0.3) is 0 Å². The maximum atomic E-state index is 5.05. The minimum Gasteiger partial charge on any atom is -0.235 e. The minimum atomic E-state index is 0.616. The molecule has 49 heavy (non-hydrogen) atoms. The van der Waals surface area contributed by atoms with Gasteiger partial charge < -0.3 is 0 Å². The number of nitrogens with zero attached hydrogens (tertiary/aromatic N) is 5. The Balaban J connectivity index is 1.23. The van der Waals surface area contributed by atoms with Crippen molar-refractivity contribution in [1.29, 1.82) is 0 Å². The van der Waals surface area contributed by atoms with Gasteiger partial charge >= 0.3 is 0 Å². The van der Waals surface area contributed by atoms with Gasteiger partial charge in [-0.05, 0) is 52.6 Å². The molecule has 0 radical (unpaired) electrons. The van der Waals surface area contributed by atoms with Crippen LogP contribution in [0.3, 0.4) is 0 Å². The van der Waals surface area contributed by atoms with Crippen LogP contribution in [0.5, 0.6) is 0 Å². The van der Waals surface area contributed by atoms with Gasteiger partial charge in [-0.1, -0.05) is 127 Å². The van der Waals surface area contributed by atoms with Crippen LogP contribution < -0.4 is 0 Å². The summed E-state index contributed by atoms with van der Waals surface area (Å²) in [5, 5.41) is 1.16. The SMILES string of the molecule is c1ccc(-c2cc(-c3cccc(-c4ncnc5c4sc4ccccc45)c3)cc(-c3nc(-c4ccccc4)nc(-c4ccccc4)n3)c2)cc1. The summed E-state index contributed by atoms with van der Waals surface area (Å²) in [6.45, 7) is 0. The third-order valence-corrected chi connectivity index (χ3v) is 9.79. The highest BCUT2D eigenvalue weighted by atomic mass is 32.1. The third-order valence-electron chi connectivity index (χ3n) is 8.63. The molecule has 3 aromatic heterocycles. The number of benzene rings is 6. The number of rotatable bonds is 6. The van der Waals surface area contributed by atoms with Crippen molar-refractivity contribution < 1.29 is 0 Å². The molecular formula is C43H27N5S. The van der Waals surface area contributed by atoms with E-state index in [4.69, 9.17) is 19.9 Å². The van der Waals surface area contributed by atoms with E-state index in [1.54, 1.807) is 17.7 Å². The van der Waals surface area contributed by atoms with Gasteiger partial charge in [-0.3, -0.25) is 0 Å². The first-order chi connectivity index (χ1) is 24.3. The fourth-order valence-corrected chi connectivity index (χ4v) is 7.40. The number of fused-ring (bicyclic) bond motifs is 3. The Morgan fingerprint density at radius 2 is 0.857 bits per heavy atom. The molecule has 0 saturated carbocycles. The van der Waals surface area contributed by atoms with E-state index >= 15 is 0 Å². The normalized spacial score (nSPS) is 11.3. The van der Waals surface area contributed by atoms with E-state index in [0.29, 0.717) is 17.5 Å². The molecule has 0 spiro atoms. The molecule has 230 valence electrons. The lowest BCUT2D eigenvalue weighted by Gasteiger charge is -2.13. The molecule has 0 aliphatic carbocycles. The Morgan fingerprint density at radius 1 is 0.367 bits per heavy atom. The van der Waals surface area contributed by atoms with Crippen molar-refractivity contribution >= 4 is 31.6 Å². The predicted octanol–water partition coefficient (Wildman–Crippen LogP) is 11.0. The molecule has 0 saturated heterocycles. The quantitative estimate of drug-likeness (QED) is 0.180. The van der Waals surface area contributed by atoms with E-state index in [9.17, 15) is 0 Å². The summed E-state index contributed by atoms with van der Waals surface area (Å²) in [5.41, 5.74) is 10.1. The van der Waals surface area contributed by atoms with E-state index in [2.05, 4.69) is 96.0 Å². The molecule has 0 aliphatic rings. The van der Waals surface area contributed by atoms with Gasteiger partial charge in [-0.15, -0.1) is 11.3 Å². The van der Waals surface area contributed by atoms with Gasteiger partial charge in [0.05, 0.1) is 15.9 Å². The maximum Gasteiger partial charge on any atom is 0.164 e. The fourth-order valence-electron chi connectivity index (χ4n) is 6.23. The van der Waals surface area contributed by atoms with E-state index in [0.717, 1.165) is 65.8 Å². The first-order valence-corrected chi connectivity index (χ1v) is 16.9. The smallest absolute Gasteiger partial charge is 0.164 e. The molecule has 9 aromatic rings. The van der Waals surface area contributed by atoms with Crippen molar-refractivity contribution in [2.75, 3.05) is 0 Å². The standard InChI is InChI=1S/C43H27N5S/c1-4-13-28(14-5-1)33-24-34(31-19-12-20-32(23-31)38-40-39(45-27-44-38)36-21-10-11-22-37(36)49-40)26-35(25-33)43-47-41(29-15-6-2-7-16-29)46-42(48-43)30-17-8-3-9-18-30/h1-27H. The number of hydrogen-bond donors (Lipinski definition) is 0. The molecule has 6 aromatic carbocycles. The maximum absolute atomic E-state index is 5.05. The van der Waals surface area contributed by atoms with Crippen molar-refractivity contribution in [3.05, 3.63) is 164 Å². The van der Waals surface area contributed by atoms with Crippen molar-refractivity contribution in [1.82, 2.24) is 24.9 Å². The van der Waals surface area contributed by atoms with Gasteiger partial charge in [0.1, 0.15) is 6.33 Å². The Morgan fingerprint density at radius 3 is 1.53 bits per heavy atom. The first-order valence-electron chi connectivity index (χ1n) is 16.1. The zero-order valence-corrected chi connectivity index (χ0v) is 27.0. The fraction of sp³-hybridized carbons (Fsp3) is 0. The molecule has 6 heteroatoms. The second-order valence-corrected chi connectivity index (χ2v) is 12.8. The van der Waals surface area contributed by atoms with Crippen LogP contribution in [0.2, 0.25) is 0 Å². The zero-order valence-electron chi connectivity index (χ0n) is 26.2. The summed E-state index contributed by atoms with van der Waals surface area (Å²) in [5.74, 6) is 1.88. The Labute approximate surface area is 287 Å². The van der Waals surface area contributed by atoms with Crippen LogP contribution in [-0.2, 0) is 0 Å². The summed E-state index contributed by atoms with van der Waals surface area (Å²) in [7, 11) is 0. The van der Waals surface area contributed by atoms with E-state index in [1.165, 1.54) is 4.70 Å². The van der Waals surface area contributed by atoms with Crippen LogP contribution in [0.15, 0.2) is 164 Å². The predicted molar refractivity (Wildman–Crippen MR) is 201 cm³/mol. The molecule has 9 rings (SSSR count). The molecule has 0 atom stereocenters. The molecular weight excluding hydrogens is 619 g/mol. The molecule has 0 N–H and O–H groups in total. The Kier molecular flexibility index (Phi) is 7.26. The molecule has 0 unspecified atom stereocenters. The molecule has 0 bridgehead atoms. The van der Waals surface area contributed by atoms with Crippen molar-refractivity contribution in [3.63, 3.8) is 0 Å². The lowest BCUT2D eigenvalue weighted by atomic mass is 9.94. The number of hydrogen-bond acceptors (Lipinski definition) is 6. The van der Waals surface area contributed by atoms with Crippen LogP contribution >= 0.6 is 11.3 Å². The largest absolute Gasteiger partial charge is 0.235 e. The molecule has 0 aliphatic heterocycles. The van der Waals surface area contributed by atoms with Gasteiger partial charge in [-0.25, -0.2) is 24.9 Å². The van der Waals surface area contributed by atoms with Crippen LogP contribution in [0, 0.1) is 0 Å². The summed E-state index contributed by atoms with van der Waals surface area (Å²) in [6.07, 6.45) is 1.67.